The highest BCUT2D eigenvalue weighted by molar-refractivity contribution is 6.07. The molecule has 4 aromatic rings. The molecule has 0 spiro atoms. The number of fused-ring (bicyclic) bond motifs is 4. The van der Waals surface area contributed by atoms with E-state index in [1.807, 2.05) is 0 Å². The summed E-state index contributed by atoms with van der Waals surface area (Å²) in [7, 11) is 0. The van der Waals surface area contributed by atoms with E-state index >= 15 is 0 Å². The third-order valence-corrected chi connectivity index (χ3v) is 4.62. The Balaban J connectivity index is 2.09. The van der Waals surface area contributed by atoms with Gasteiger partial charge in [-0.15, -0.1) is 0 Å². The van der Waals surface area contributed by atoms with Crippen LogP contribution in [-0.4, -0.2) is 26.0 Å². The minimum Gasteiger partial charge on any atom is -0.508 e. The monoisotopic (exact) mass is 370 g/mol. The molecule has 4 rings (SSSR count). The first kappa shape index (κ1) is 17.2. The molecule has 0 aliphatic rings. The summed E-state index contributed by atoms with van der Waals surface area (Å²) >= 11 is 0. The Bertz CT molecular complexity index is 1260. The highest BCUT2D eigenvalue weighted by Crippen LogP contribution is 2.38. The zero-order valence-corrected chi connectivity index (χ0v) is 14.7. The number of phenolic OH excluding ortho intramolecular Hbond substituents is 3. The summed E-state index contributed by atoms with van der Waals surface area (Å²) in [6.45, 7) is 3.26. The van der Waals surface area contributed by atoms with Crippen LogP contribution in [0.5, 0.6) is 17.2 Å². The first-order valence-corrected chi connectivity index (χ1v) is 8.44. The lowest BCUT2D eigenvalue weighted by Crippen LogP contribution is -2.19. The van der Waals surface area contributed by atoms with Gasteiger partial charge < -0.3 is 29.3 Å². The Kier molecular flexibility index (Phi) is 3.61. The molecule has 27 heavy (non-hydrogen) atoms. The van der Waals surface area contributed by atoms with Crippen molar-refractivity contribution in [1.29, 1.82) is 0 Å². The van der Waals surface area contributed by atoms with Gasteiger partial charge in [0.05, 0.1) is 5.60 Å². The SMILES string of the molecule is CC(C)(O)CCc1c(O)cc(O)c2c(=O)c3c(oc4cc(O)ccc43)oc12. The highest BCUT2D eigenvalue weighted by atomic mass is 16.5. The van der Waals surface area contributed by atoms with Gasteiger partial charge in [-0.1, -0.05) is 0 Å². The number of benzene rings is 2. The van der Waals surface area contributed by atoms with Crippen LogP contribution in [0.2, 0.25) is 0 Å². The van der Waals surface area contributed by atoms with Gasteiger partial charge in [-0.05, 0) is 38.8 Å². The van der Waals surface area contributed by atoms with Gasteiger partial charge in [-0.2, -0.15) is 0 Å². The van der Waals surface area contributed by atoms with Crippen LogP contribution < -0.4 is 5.43 Å². The molecule has 0 aliphatic heterocycles. The molecule has 0 bridgehead atoms. The van der Waals surface area contributed by atoms with Gasteiger partial charge in [-0.25, -0.2) is 0 Å². The number of phenols is 3. The summed E-state index contributed by atoms with van der Waals surface area (Å²) in [6, 6.07) is 5.42. The van der Waals surface area contributed by atoms with E-state index in [2.05, 4.69) is 0 Å². The molecule has 0 unspecified atom stereocenters. The third kappa shape index (κ3) is 2.76. The lowest BCUT2D eigenvalue weighted by molar-refractivity contribution is 0.0713. The summed E-state index contributed by atoms with van der Waals surface area (Å²) in [4.78, 5) is 13.1. The Morgan fingerprint density at radius 2 is 1.74 bits per heavy atom. The largest absolute Gasteiger partial charge is 0.508 e. The van der Waals surface area contributed by atoms with Crippen molar-refractivity contribution in [3.05, 3.63) is 40.1 Å². The molecule has 4 N–H and O–H groups in total. The Morgan fingerprint density at radius 3 is 2.44 bits per heavy atom. The maximum absolute atomic E-state index is 13.1. The van der Waals surface area contributed by atoms with Crippen molar-refractivity contribution in [3.8, 4) is 17.2 Å². The summed E-state index contributed by atoms with van der Waals surface area (Å²) in [5.74, 6) is -0.730. The van der Waals surface area contributed by atoms with Crippen LogP contribution in [-0.2, 0) is 6.42 Å². The molecule has 140 valence electrons. The standard InChI is InChI=1S/C20H18O7/c1-20(2,25)6-5-10-12(22)8-13(23)16-17(24)15-11-4-3-9(21)7-14(11)26-19(15)27-18(10)16/h3-4,7-8,21-23,25H,5-6H2,1-2H3. The molecular weight excluding hydrogens is 352 g/mol. The first-order chi connectivity index (χ1) is 12.7. The van der Waals surface area contributed by atoms with E-state index in [0.717, 1.165) is 6.07 Å². The van der Waals surface area contributed by atoms with E-state index in [9.17, 15) is 25.2 Å². The minimum atomic E-state index is -0.988. The van der Waals surface area contributed by atoms with Gasteiger partial charge in [0, 0.05) is 23.1 Å². The van der Waals surface area contributed by atoms with E-state index < -0.39 is 16.8 Å². The maximum Gasteiger partial charge on any atom is 0.302 e. The van der Waals surface area contributed by atoms with Crippen LogP contribution in [0.25, 0.3) is 33.1 Å². The number of aryl methyl sites for hydroxylation is 1. The summed E-state index contributed by atoms with van der Waals surface area (Å²) in [5, 5.41) is 40.6. The molecule has 0 atom stereocenters. The highest BCUT2D eigenvalue weighted by Gasteiger charge is 2.24. The fraction of sp³-hybridized carbons (Fsp3) is 0.250. The first-order valence-electron chi connectivity index (χ1n) is 8.44. The molecule has 0 saturated heterocycles. The van der Waals surface area contributed by atoms with Crippen LogP contribution in [0.3, 0.4) is 0 Å². The zero-order chi connectivity index (χ0) is 19.5. The molecule has 7 heteroatoms. The second-order valence-corrected chi connectivity index (χ2v) is 7.29. The van der Waals surface area contributed by atoms with Gasteiger partial charge in [0.25, 0.3) is 0 Å². The van der Waals surface area contributed by atoms with E-state index in [1.165, 1.54) is 18.2 Å². The minimum absolute atomic E-state index is 0.0116. The van der Waals surface area contributed by atoms with Gasteiger partial charge in [-0.3, -0.25) is 4.79 Å². The summed E-state index contributed by atoms with van der Waals surface area (Å²) in [6.07, 6.45) is 0.526. The Morgan fingerprint density at radius 1 is 1.00 bits per heavy atom. The van der Waals surface area contributed by atoms with Crippen LogP contribution in [0.4, 0.5) is 0 Å². The Labute approximate surface area is 152 Å². The molecule has 2 heterocycles. The molecule has 0 saturated carbocycles. The van der Waals surface area contributed by atoms with Gasteiger partial charge in [0.1, 0.15) is 33.6 Å². The number of aliphatic hydroxyl groups is 1. The molecule has 0 radical (unpaired) electrons. The van der Waals surface area contributed by atoms with Crippen LogP contribution >= 0.6 is 0 Å². The van der Waals surface area contributed by atoms with E-state index in [0.29, 0.717) is 17.4 Å². The normalized spacial score (nSPS) is 12.4. The van der Waals surface area contributed by atoms with Crippen molar-refractivity contribution in [2.45, 2.75) is 32.3 Å². The molecular formula is C20H18O7. The van der Waals surface area contributed by atoms with Gasteiger partial charge >= 0.3 is 5.78 Å². The van der Waals surface area contributed by atoms with Crippen LogP contribution in [0.1, 0.15) is 25.8 Å². The second-order valence-electron chi connectivity index (χ2n) is 7.29. The van der Waals surface area contributed by atoms with Crippen molar-refractivity contribution in [2.75, 3.05) is 0 Å². The summed E-state index contributed by atoms with van der Waals surface area (Å²) < 4.78 is 11.3. The average Bonchev–Trinajstić information content (AvgIpc) is 2.90. The maximum atomic E-state index is 13.1. The molecule has 7 nitrogen and oxygen atoms in total. The van der Waals surface area contributed by atoms with Crippen molar-refractivity contribution in [2.24, 2.45) is 0 Å². The fourth-order valence-electron chi connectivity index (χ4n) is 3.24. The number of aromatic hydroxyl groups is 3. The average molecular weight is 370 g/mol. The number of rotatable bonds is 3. The van der Waals surface area contributed by atoms with E-state index in [-0.39, 0.29) is 45.6 Å². The topological polar surface area (TPSA) is 124 Å². The van der Waals surface area contributed by atoms with Crippen molar-refractivity contribution in [1.82, 2.24) is 0 Å². The van der Waals surface area contributed by atoms with Crippen LogP contribution in [0, 0.1) is 0 Å². The van der Waals surface area contributed by atoms with Crippen LogP contribution in [0.15, 0.2) is 37.9 Å². The van der Waals surface area contributed by atoms with E-state index in [4.69, 9.17) is 8.83 Å². The molecule has 2 aromatic heterocycles. The van der Waals surface area contributed by atoms with E-state index in [1.54, 1.807) is 13.8 Å². The number of hydrogen-bond donors (Lipinski definition) is 4. The third-order valence-electron chi connectivity index (χ3n) is 4.62. The molecule has 2 aromatic carbocycles. The molecule has 0 amide bonds. The quantitative estimate of drug-likeness (QED) is 0.435. The Hall–Kier alpha value is -3.19. The number of hydrogen-bond acceptors (Lipinski definition) is 7. The van der Waals surface area contributed by atoms with Crippen molar-refractivity contribution >= 4 is 33.1 Å². The van der Waals surface area contributed by atoms with Gasteiger partial charge in [0.15, 0.2) is 5.58 Å². The number of furan rings is 1. The fourth-order valence-corrected chi connectivity index (χ4v) is 3.24. The predicted octanol–water partition coefficient (Wildman–Crippen LogP) is 3.51. The smallest absolute Gasteiger partial charge is 0.302 e. The van der Waals surface area contributed by atoms with Crippen molar-refractivity contribution in [3.63, 3.8) is 0 Å². The zero-order valence-electron chi connectivity index (χ0n) is 14.7. The lowest BCUT2D eigenvalue weighted by Gasteiger charge is -2.17. The molecule has 0 aliphatic carbocycles. The molecule has 0 fully saturated rings. The van der Waals surface area contributed by atoms with Gasteiger partial charge in [0.2, 0.25) is 5.43 Å². The lowest BCUT2D eigenvalue weighted by atomic mass is 9.96. The second kappa shape index (κ2) is 5.65. The predicted molar refractivity (Wildman–Crippen MR) is 99.4 cm³/mol. The van der Waals surface area contributed by atoms with Crippen molar-refractivity contribution < 1.29 is 29.3 Å². The summed E-state index contributed by atoms with van der Waals surface area (Å²) in [5.41, 5.74) is -0.914.